The first-order chi connectivity index (χ1) is 10.1. The van der Waals surface area contributed by atoms with Gasteiger partial charge < -0.3 is 5.73 Å². The maximum Gasteiger partial charge on any atom is 0.0394 e. The van der Waals surface area contributed by atoms with E-state index in [1.807, 2.05) is 6.07 Å². The second-order valence-corrected chi connectivity index (χ2v) is 5.54. The summed E-state index contributed by atoms with van der Waals surface area (Å²) in [5.74, 6) is 0. The molecule has 2 N–H and O–H groups in total. The van der Waals surface area contributed by atoms with E-state index in [1.54, 1.807) is 0 Å². The summed E-state index contributed by atoms with van der Waals surface area (Å²) >= 11 is 0. The molecule has 0 atom stereocenters. The van der Waals surface area contributed by atoms with E-state index < -0.39 is 0 Å². The average Bonchev–Trinajstić information content (AvgIpc) is 2.47. The zero-order valence-electron chi connectivity index (χ0n) is 12.4. The Bertz CT molecular complexity index is 787. The van der Waals surface area contributed by atoms with E-state index in [-0.39, 0.29) is 0 Å². The van der Waals surface area contributed by atoms with Crippen molar-refractivity contribution in [3.8, 4) is 22.3 Å². The predicted molar refractivity (Wildman–Crippen MR) is 91.2 cm³/mol. The van der Waals surface area contributed by atoms with Crippen molar-refractivity contribution in [1.29, 1.82) is 0 Å². The molecule has 3 rings (SSSR count). The van der Waals surface area contributed by atoms with Crippen molar-refractivity contribution in [2.45, 2.75) is 13.8 Å². The van der Waals surface area contributed by atoms with Crippen LogP contribution >= 0.6 is 0 Å². The smallest absolute Gasteiger partial charge is 0.0394 e. The van der Waals surface area contributed by atoms with Gasteiger partial charge in [-0.2, -0.15) is 0 Å². The van der Waals surface area contributed by atoms with Crippen LogP contribution in [0.3, 0.4) is 0 Å². The Morgan fingerprint density at radius 2 is 1.19 bits per heavy atom. The molecule has 0 unspecified atom stereocenters. The van der Waals surface area contributed by atoms with E-state index in [9.17, 15) is 0 Å². The quantitative estimate of drug-likeness (QED) is 0.636. The van der Waals surface area contributed by atoms with Gasteiger partial charge in [-0.3, -0.25) is 0 Å². The molecule has 0 aliphatic rings. The lowest BCUT2D eigenvalue weighted by molar-refractivity contribution is 1.46. The molecule has 0 bridgehead atoms. The van der Waals surface area contributed by atoms with Crippen molar-refractivity contribution in [2.75, 3.05) is 5.73 Å². The van der Waals surface area contributed by atoms with Crippen molar-refractivity contribution in [3.05, 3.63) is 77.9 Å². The lowest BCUT2D eigenvalue weighted by Gasteiger charge is -2.10. The molecule has 0 aromatic heterocycles. The Hall–Kier alpha value is -2.54. The fourth-order valence-electron chi connectivity index (χ4n) is 2.62. The van der Waals surface area contributed by atoms with Crippen molar-refractivity contribution < 1.29 is 0 Å². The highest BCUT2D eigenvalue weighted by molar-refractivity contribution is 5.82. The molecule has 0 saturated heterocycles. The van der Waals surface area contributed by atoms with Gasteiger partial charge in [-0.25, -0.2) is 0 Å². The highest BCUT2D eigenvalue weighted by Gasteiger charge is 2.06. The molecule has 21 heavy (non-hydrogen) atoms. The number of anilines is 1. The molecule has 1 heteroatoms. The van der Waals surface area contributed by atoms with Crippen LogP contribution < -0.4 is 5.73 Å². The third-order valence-electron chi connectivity index (χ3n) is 3.73. The van der Waals surface area contributed by atoms with Crippen LogP contribution in [-0.2, 0) is 0 Å². The van der Waals surface area contributed by atoms with Gasteiger partial charge in [-0.15, -0.1) is 0 Å². The highest BCUT2D eigenvalue weighted by Crippen LogP contribution is 2.31. The number of rotatable bonds is 2. The maximum atomic E-state index is 6.18. The third-order valence-corrected chi connectivity index (χ3v) is 3.73. The lowest BCUT2D eigenvalue weighted by Crippen LogP contribution is -1.91. The van der Waals surface area contributed by atoms with Crippen LogP contribution in [0.25, 0.3) is 22.3 Å². The van der Waals surface area contributed by atoms with Gasteiger partial charge in [0.05, 0.1) is 0 Å². The minimum absolute atomic E-state index is 0.817. The summed E-state index contributed by atoms with van der Waals surface area (Å²) < 4.78 is 0. The Labute approximate surface area is 126 Å². The highest BCUT2D eigenvalue weighted by atomic mass is 14.6. The summed E-state index contributed by atoms with van der Waals surface area (Å²) in [6.07, 6.45) is 0. The summed E-state index contributed by atoms with van der Waals surface area (Å²) in [5, 5.41) is 0. The van der Waals surface area contributed by atoms with Gasteiger partial charge in [0.2, 0.25) is 0 Å². The monoisotopic (exact) mass is 273 g/mol. The standard InChI is InChI=1S/C20H19N/c1-14-5-3-7-16(11-14)17-9-10-20(21)19(13-17)18-8-4-6-15(2)12-18/h3-13H,21H2,1-2H3. The van der Waals surface area contributed by atoms with Gasteiger partial charge in [0, 0.05) is 11.3 Å². The maximum absolute atomic E-state index is 6.18. The molecule has 0 amide bonds. The topological polar surface area (TPSA) is 26.0 Å². The van der Waals surface area contributed by atoms with Crippen LogP contribution in [0.4, 0.5) is 5.69 Å². The number of benzene rings is 3. The SMILES string of the molecule is Cc1cccc(-c2ccc(N)c(-c3cccc(C)c3)c2)c1. The summed E-state index contributed by atoms with van der Waals surface area (Å²) in [7, 11) is 0. The van der Waals surface area contributed by atoms with Crippen LogP contribution in [0.5, 0.6) is 0 Å². The Morgan fingerprint density at radius 1 is 0.619 bits per heavy atom. The molecule has 0 fully saturated rings. The molecule has 0 saturated carbocycles. The van der Waals surface area contributed by atoms with Gasteiger partial charge in [0.1, 0.15) is 0 Å². The molecule has 3 aromatic carbocycles. The first-order valence-corrected chi connectivity index (χ1v) is 7.17. The van der Waals surface area contributed by atoms with E-state index in [1.165, 1.54) is 27.8 Å². The normalized spacial score (nSPS) is 10.6. The number of nitrogen functional groups attached to an aromatic ring is 1. The Kier molecular flexibility index (Phi) is 3.49. The zero-order chi connectivity index (χ0) is 14.8. The van der Waals surface area contributed by atoms with Gasteiger partial charge >= 0.3 is 0 Å². The Morgan fingerprint density at radius 3 is 1.86 bits per heavy atom. The molecule has 0 aliphatic heterocycles. The molecular weight excluding hydrogens is 254 g/mol. The molecular formula is C20H19N. The molecule has 0 radical (unpaired) electrons. The van der Waals surface area contributed by atoms with E-state index in [2.05, 4.69) is 74.5 Å². The lowest BCUT2D eigenvalue weighted by atomic mass is 9.96. The first-order valence-electron chi connectivity index (χ1n) is 7.17. The molecule has 0 heterocycles. The summed E-state index contributed by atoms with van der Waals surface area (Å²) in [5.41, 5.74) is 14.2. The summed E-state index contributed by atoms with van der Waals surface area (Å²) in [6, 6.07) is 23.3. The largest absolute Gasteiger partial charge is 0.398 e. The second-order valence-electron chi connectivity index (χ2n) is 5.54. The van der Waals surface area contributed by atoms with Crippen molar-refractivity contribution in [3.63, 3.8) is 0 Å². The fourth-order valence-corrected chi connectivity index (χ4v) is 2.62. The zero-order valence-corrected chi connectivity index (χ0v) is 12.4. The third kappa shape index (κ3) is 2.82. The van der Waals surface area contributed by atoms with Crippen LogP contribution in [0, 0.1) is 13.8 Å². The first kappa shape index (κ1) is 13.4. The minimum Gasteiger partial charge on any atom is -0.398 e. The molecule has 104 valence electrons. The van der Waals surface area contributed by atoms with E-state index in [0.717, 1.165) is 11.3 Å². The van der Waals surface area contributed by atoms with Gasteiger partial charge in [-0.1, -0.05) is 65.7 Å². The van der Waals surface area contributed by atoms with E-state index in [0.29, 0.717) is 0 Å². The van der Waals surface area contributed by atoms with Crippen LogP contribution in [0.15, 0.2) is 66.7 Å². The average molecular weight is 273 g/mol. The van der Waals surface area contributed by atoms with Crippen molar-refractivity contribution in [2.24, 2.45) is 0 Å². The summed E-state index contributed by atoms with van der Waals surface area (Å²) in [4.78, 5) is 0. The number of hydrogen-bond acceptors (Lipinski definition) is 1. The van der Waals surface area contributed by atoms with Gasteiger partial charge in [-0.05, 0) is 42.7 Å². The molecule has 0 spiro atoms. The number of aryl methyl sites for hydroxylation is 2. The van der Waals surface area contributed by atoms with Crippen molar-refractivity contribution in [1.82, 2.24) is 0 Å². The van der Waals surface area contributed by atoms with Crippen molar-refractivity contribution >= 4 is 5.69 Å². The number of nitrogens with two attached hydrogens (primary N) is 1. The van der Waals surface area contributed by atoms with Gasteiger partial charge in [0.15, 0.2) is 0 Å². The number of hydrogen-bond donors (Lipinski definition) is 1. The second kappa shape index (κ2) is 5.45. The molecule has 3 aromatic rings. The van der Waals surface area contributed by atoms with Crippen LogP contribution in [0.1, 0.15) is 11.1 Å². The minimum atomic E-state index is 0.817. The van der Waals surface area contributed by atoms with E-state index >= 15 is 0 Å². The fraction of sp³-hybridized carbons (Fsp3) is 0.100. The van der Waals surface area contributed by atoms with Gasteiger partial charge in [0.25, 0.3) is 0 Å². The molecule has 1 nitrogen and oxygen atoms in total. The predicted octanol–water partition coefficient (Wildman–Crippen LogP) is 5.22. The summed E-state index contributed by atoms with van der Waals surface area (Å²) in [6.45, 7) is 4.21. The van der Waals surface area contributed by atoms with Crippen LogP contribution in [0.2, 0.25) is 0 Å². The van der Waals surface area contributed by atoms with E-state index in [4.69, 9.17) is 5.73 Å². The molecule has 0 aliphatic carbocycles. The Balaban J connectivity index is 2.12. The van der Waals surface area contributed by atoms with Crippen LogP contribution in [-0.4, -0.2) is 0 Å².